The lowest BCUT2D eigenvalue weighted by atomic mass is 9.93. The Hall–Kier alpha value is -1.02. The van der Waals surface area contributed by atoms with Crippen molar-refractivity contribution in [3.8, 4) is 0 Å². The molecule has 1 heterocycles. The Morgan fingerprint density at radius 2 is 1.86 bits per heavy atom. The van der Waals surface area contributed by atoms with E-state index in [1.165, 1.54) is 16.4 Å². The second-order valence-corrected chi connectivity index (χ2v) is 7.75. The predicted molar refractivity (Wildman–Crippen MR) is 85.5 cm³/mol. The summed E-state index contributed by atoms with van der Waals surface area (Å²) in [6, 6.07) is 6.31. The Kier molecular flexibility index (Phi) is 4.98. The van der Waals surface area contributed by atoms with Crippen LogP contribution in [0.2, 0.25) is 0 Å². The number of hydrogen-bond donors (Lipinski definition) is 2. The quantitative estimate of drug-likeness (QED) is 0.809. The maximum absolute atomic E-state index is 12.5. The molecule has 0 aromatic heterocycles. The molecule has 2 rings (SSSR count). The summed E-state index contributed by atoms with van der Waals surface area (Å²) in [6.45, 7) is 2.63. The normalized spacial score (nSPS) is 19.3. The smallest absolute Gasteiger partial charge is 0.243 e. The van der Waals surface area contributed by atoms with Gasteiger partial charge in [-0.15, -0.1) is 0 Å². The van der Waals surface area contributed by atoms with Crippen LogP contribution in [0.5, 0.6) is 0 Å². The summed E-state index contributed by atoms with van der Waals surface area (Å²) in [5.41, 5.74) is 6.16. The van der Waals surface area contributed by atoms with Crippen LogP contribution in [-0.2, 0) is 10.0 Å². The summed E-state index contributed by atoms with van der Waals surface area (Å²) in [5.74, 6) is 0.174. The van der Waals surface area contributed by atoms with Gasteiger partial charge in [-0.3, -0.25) is 0 Å². The molecule has 1 aliphatic heterocycles. The molecule has 0 spiro atoms. The molecule has 7 heteroatoms. The molecule has 5 nitrogen and oxygen atoms in total. The number of nitrogens with zero attached hydrogens (tertiary/aromatic N) is 1. The van der Waals surface area contributed by atoms with E-state index in [0.29, 0.717) is 31.5 Å². The number of rotatable bonds is 4. The molecule has 1 atom stereocenters. The van der Waals surface area contributed by atoms with Crippen molar-refractivity contribution in [2.45, 2.75) is 30.8 Å². The lowest BCUT2D eigenvalue weighted by Gasteiger charge is -2.32. The van der Waals surface area contributed by atoms with E-state index in [4.69, 9.17) is 18.0 Å². The molecule has 0 aliphatic carbocycles. The molecule has 1 unspecified atom stereocenters. The summed E-state index contributed by atoms with van der Waals surface area (Å²) in [4.78, 5) is 0.495. The first-order chi connectivity index (χ1) is 9.82. The fourth-order valence-corrected chi connectivity index (χ4v) is 4.14. The van der Waals surface area contributed by atoms with Gasteiger partial charge in [0.1, 0.15) is 4.99 Å². The van der Waals surface area contributed by atoms with E-state index in [-0.39, 0.29) is 21.9 Å². The average molecular weight is 328 g/mol. The third-order valence-electron chi connectivity index (χ3n) is 3.96. The van der Waals surface area contributed by atoms with Crippen molar-refractivity contribution < 1.29 is 13.5 Å². The van der Waals surface area contributed by atoms with E-state index in [9.17, 15) is 13.5 Å². The van der Waals surface area contributed by atoms with Crippen LogP contribution in [0.3, 0.4) is 0 Å². The van der Waals surface area contributed by atoms with E-state index >= 15 is 0 Å². The van der Waals surface area contributed by atoms with Crippen LogP contribution in [-0.4, -0.2) is 42.0 Å². The standard InChI is InChI=1S/C14H20N2O3S2/c1-10(17)11-6-8-16(9-7-11)21(18,19)13-4-2-12(3-5-13)14(15)20/h2-5,10-11,17H,6-9H2,1H3,(H2,15,20). The van der Waals surface area contributed by atoms with Crippen molar-refractivity contribution in [1.29, 1.82) is 0 Å². The lowest BCUT2D eigenvalue weighted by molar-refractivity contribution is 0.0912. The molecule has 0 amide bonds. The molecule has 3 N–H and O–H groups in total. The van der Waals surface area contributed by atoms with Crippen LogP contribution in [0, 0.1) is 5.92 Å². The van der Waals surface area contributed by atoms with Gasteiger partial charge >= 0.3 is 0 Å². The third-order valence-corrected chi connectivity index (χ3v) is 6.11. The Bertz CT molecular complexity index is 604. The van der Waals surface area contributed by atoms with E-state index in [2.05, 4.69) is 0 Å². The minimum atomic E-state index is -3.49. The first-order valence-electron chi connectivity index (χ1n) is 6.90. The lowest BCUT2D eigenvalue weighted by Crippen LogP contribution is -2.40. The topological polar surface area (TPSA) is 83.6 Å². The van der Waals surface area contributed by atoms with Gasteiger partial charge in [0.25, 0.3) is 0 Å². The highest BCUT2D eigenvalue weighted by Crippen LogP contribution is 2.25. The van der Waals surface area contributed by atoms with Crippen LogP contribution in [0.4, 0.5) is 0 Å². The number of thiocarbonyl (C=S) groups is 1. The number of piperidine rings is 1. The van der Waals surface area contributed by atoms with Crippen molar-refractivity contribution in [3.05, 3.63) is 29.8 Å². The highest BCUT2D eigenvalue weighted by molar-refractivity contribution is 7.89. The van der Waals surface area contributed by atoms with Gasteiger partial charge in [0, 0.05) is 18.7 Å². The molecule has 1 saturated heterocycles. The van der Waals surface area contributed by atoms with Gasteiger partial charge in [0.05, 0.1) is 11.0 Å². The van der Waals surface area contributed by atoms with E-state index in [1.54, 1.807) is 19.1 Å². The summed E-state index contributed by atoms with van der Waals surface area (Å²) < 4.78 is 26.6. The van der Waals surface area contributed by atoms with Crippen molar-refractivity contribution in [3.63, 3.8) is 0 Å². The second-order valence-electron chi connectivity index (χ2n) is 5.37. The van der Waals surface area contributed by atoms with Gasteiger partial charge in [-0.2, -0.15) is 4.31 Å². The first kappa shape index (κ1) is 16.4. The van der Waals surface area contributed by atoms with Crippen molar-refractivity contribution >= 4 is 27.2 Å². The Labute approximate surface area is 130 Å². The first-order valence-corrected chi connectivity index (χ1v) is 8.75. The van der Waals surface area contributed by atoms with E-state index in [0.717, 1.165) is 0 Å². The SMILES string of the molecule is CC(O)C1CCN(S(=O)(=O)c2ccc(C(N)=S)cc2)CC1. The summed E-state index contributed by atoms with van der Waals surface area (Å²) >= 11 is 4.86. The maximum Gasteiger partial charge on any atom is 0.243 e. The number of hydrogen-bond acceptors (Lipinski definition) is 4. The van der Waals surface area contributed by atoms with Crippen LogP contribution in [0.25, 0.3) is 0 Å². The number of benzene rings is 1. The summed E-state index contributed by atoms with van der Waals surface area (Å²) in [5, 5.41) is 9.57. The molecule has 116 valence electrons. The molecule has 0 bridgehead atoms. The van der Waals surface area contributed by atoms with E-state index < -0.39 is 10.0 Å². The summed E-state index contributed by atoms with van der Waals surface area (Å²) in [6.07, 6.45) is 0.976. The zero-order chi connectivity index (χ0) is 15.6. The van der Waals surface area contributed by atoms with Gasteiger partial charge in [0.15, 0.2) is 0 Å². The second kappa shape index (κ2) is 6.39. The molecule has 0 radical (unpaired) electrons. The third kappa shape index (κ3) is 3.60. The number of sulfonamides is 1. The van der Waals surface area contributed by atoms with Crippen LogP contribution >= 0.6 is 12.2 Å². The molecule has 0 saturated carbocycles. The van der Waals surface area contributed by atoms with Gasteiger partial charge in [-0.1, -0.05) is 24.4 Å². The largest absolute Gasteiger partial charge is 0.393 e. The fourth-order valence-electron chi connectivity index (χ4n) is 2.54. The van der Waals surface area contributed by atoms with Crippen molar-refractivity contribution in [2.75, 3.05) is 13.1 Å². The molecule has 21 heavy (non-hydrogen) atoms. The molecule has 1 aromatic carbocycles. The molecule has 1 fully saturated rings. The predicted octanol–water partition coefficient (Wildman–Crippen LogP) is 1.10. The van der Waals surface area contributed by atoms with Gasteiger partial charge in [0.2, 0.25) is 10.0 Å². The Balaban J connectivity index is 2.13. The Morgan fingerprint density at radius 1 is 1.33 bits per heavy atom. The van der Waals surface area contributed by atoms with Gasteiger partial charge in [-0.05, 0) is 37.8 Å². The zero-order valence-electron chi connectivity index (χ0n) is 11.9. The highest BCUT2D eigenvalue weighted by atomic mass is 32.2. The van der Waals surface area contributed by atoms with Crippen molar-refractivity contribution in [2.24, 2.45) is 11.7 Å². The van der Waals surface area contributed by atoms with Gasteiger partial charge in [-0.25, -0.2) is 8.42 Å². The summed E-state index contributed by atoms with van der Waals surface area (Å²) in [7, 11) is -3.49. The molecular weight excluding hydrogens is 308 g/mol. The number of nitrogens with two attached hydrogens (primary N) is 1. The Morgan fingerprint density at radius 3 is 2.29 bits per heavy atom. The molecule has 1 aliphatic rings. The monoisotopic (exact) mass is 328 g/mol. The van der Waals surface area contributed by atoms with Crippen LogP contribution in [0.15, 0.2) is 29.2 Å². The number of aliphatic hydroxyl groups excluding tert-OH is 1. The minimum absolute atomic E-state index is 0.174. The zero-order valence-corrected chi connectivity index (χ0v) is 13.5. The fraction of sp³-hybridized carbons (Fsp3) is 0.500. The van der Waals surface area contributed by atoms with Crippen LogP contribution < -0.4 is 5.73 Å². The average Bonchev–Trinajstić information content (AvgIpc) is 2.47. The number of aliphatic hydroxyl groups is 1. The maximum atomic E-state index is 12.5. The van der Waals surface area contributed by atoms with E-state index in [1.807, 2.05) is 0 Å². The molecular formula is C14H20N2O3S2. The highest BCUT2D eigenvalue weighted by Gasteiger charge is 2.30. The molecule has 1 aromatic rings. The van der Waals surface area contributed by atoms with Crippen LogP contribution in [0.1, 0.15) is 25.3 Å². The minimum Gasteiger partial charge on any atom is -0.393 e. The van der Waals surface area contributed by atoms with Crippen molar-refractivity contribution in [1.82, 2.24) is 4.31 Å². The van der Waals surface area contributed by atoms with Gasteiger partial charge < -0.3 is 10.8 Å².